The molecule has 0 atom stereocenters. The van der Waals surface area contributed by atoms with Gasteiger partial charge in [0.1, 0.15) is 5.76 Å². The Morgan fingerprint density at radius 2 is 2.05 bits per heavy atom. The molecule has 2 heterocycles. The number of furan rings is 1. The van der Waals surface area contributed by atoms with E-state index in [0.29, 0.717) is 11.3 Å². The summed E-state index contributed by atoms with van der Waals surface area (Å²) in [6.07, 6.45) is 2.38. The van der Waals surface area contributed by atoms with Crippen molar-refractivity contribution in [1.29, 1.82) is 0 Å². The van der Waals surface area contributed by atoms with E-state index in [1.165, 1.54) is 0 Å². The number of hydrogen-bond acceptors (Lipinski definition) is 3. The van der Waals surface area contributed by atoms with Crippen LogP contribution in [-0.2, 0) is 6.42 Å². The molecule has 0 N–H and O–H groups in total. The largest absolute Gasteiger partial charge is 0.458 e. The number of aromatic nitrogens is 1. The van der Waals surface area contributed by atoms with E-state index < -0.39 is 0 Å². The second-order valence-corrected chi connectivity index (χ2v) is 4.37. The number of rotatable bonds is 3. The van der Waals surface area contributed by atoms with Crippen LogP contribution in [0.4, 0.5) is 0 Å². The highest BCUT2D eigenvalue weighted by atomic mass is 16.3. The molecular formula is C16H13NO2. The van der Waals surface area contributed by atoms with E-state index in [4.69, 9.17) is 4.42 Å². The first-order valence-corrected chi connectivity index (χ1v) is 6.26. The fraction of sp³-hybridized carbons (Fsp3) is 0.125. The molecule has 0 aliphatic rings. The summed E-state index contributed by atoms with van der Waals surface area (Å²) in [5.74, 6) is 1.06. The number of para-hydroxylation sites is 1. The number of ketones is 1. The molecule has 94 valence electrons. The van der Waals surface area contributed by atoms with Crippen molar-refractivity contribution < 1.29 is 9.21 Å². The summed E-state index contributed by atoms with van der Waals surface area (Å²) in [6.45, 7) is 1.99. The highest BCUT2D eigenvalue weighted by Crippen LogP contribution is 2.17. The van der Waals surface area contributed by atoms with Crippen molar-refractivity contribution in [3.63, 3.8) is 0 Å². The standard InChI is InChI=1S/C16H13NO2/c1-2-13-7-8-15(19-13)16(18)12-9-11-5-3-4-6-14(11)17-10-12/h3-10H,2H2,1H3. The van der Waals surface area contributed by atoms with Gasteiger partial charge < -0.3 is 4.42 Å². The van der Waals surface area contributed by atoms with Gasteiger partial charge in [-0.3, -0.25) is 9.78 Å². The zero-order valence-electron chi connectivity index (χ0n) is 10.6. The highest BCUT2D eigenvalue weighted by Gasteiger charge is 2.14. The van der Waals surface area contributed by atoms with Crippen molar-refractivity contribution >= 4 is 16.7 Å². The Morgan fingerprint density at radius 3 is 2.84 bits per heavy atom. The van der Waals surface area contributed by atoms with Crippen LogP contribution >= 0.6 is 0 Å². The fourth-order valence-electron chi connectivity index (χ4n) is 2.03. The van der Waals surface area contributed by atoms with Gasteiger partial charge in [-0.1, -0.05) is 25.1 Å². The van der Waals surface area contributed by atoms with Crippen molar-refractivity contribution in [3.8, 4) is 0 Å². The van der Waals surface area contributed by atoms with Crippen molar-refractivity contribution in [2.24, 2.45) is 0 Å². The molecule has 0 fully saturated rings. The summed E-state index contributed by atoms with van der Waals surface area (Å²) < 4.78 is 5.48. The third-order valence-corrected chi connectivity index (χ3v) is 3.09. The van der Waals surface area contributed by atoms with E-state index in [1.807, 2.05) is 43.3 Å². The van der Waals surface area contributed by atoms with E-state index in [2.05, 4.69) is 4.98 Å². The third-order valence-electron chi connectivity index (χ3n) is 3.09. The maximum atomic E-state index is 12.3. The van der Waals surface area contributed by atoms with Gasteiger partial charge in [0.2, 0.25) is 5.78 Å². The van der Waals surface area contributed by atoms with Crippen LogP contribution in [0.2, 0.25) is 0 Å². The predicted octanol–water partition coefficient (Wildman–Crippen LogP) is 3.62. The Labute approximate surface area is 110 Å². The molecule has 0 bridgehead atoms. The number of carbonyl (C=O) groups excluding carboxylic acids is 1. The average molecular weight is 251 g/mol. The number of carbonyl (C=O) groups is 1. The first kappa shape index (κ1) is 11.7. The van der Waals surface area contributed by atoms with E-state index in [1.54, 1.807) is 12.3 Å². The lowest BCUT2D eigenvalue weighted by molar-refractivity contribution is 0.101. The molecular weight excluding hydrogens is 238 g/mol. The van der Waals surface area contributed by atoms with Crippen LogP contribution < -0.4 is 0 Å². The van der Waals surface area contributed by atoms with E-state index >= 15 is 0 Å². The summed E-state index contributed by atoms with van der Waals surface area (Å²) in [6, 6.07) is 13.1. The number of benzene rings is 1. The van der Waals surface area contributed by atoms with E-state index in [-0.39, 0.29) is 5.78 Å². The van der Waals surface area contributed by atoms with Crippen molar-refractivity contribution in [2.75, 3.05) is 0 Å². The van der Waals surface area contributed by atoms with E-state index in [0.717, 1.165) is 23.1 Å². The van der Waals surface area contributed by atoms with Crippen molar-refractivity contribution in [1.82, 2.24) is 4.98 Å². The lowest BCUT2D eigenvalue weighted by Crippen LogP contribution is -2.00. The molecule has 3 nitrogen and oxygen atoms in total. The zero-order chi connectivity index (χ0) is 13.2. The van der Waals surface area contributed by atoms with Gasteiger partial charge in [-0.15, -0.1) is 0 Å². The van der Waals surface area contributed by atoms with Gasteiger partial charge in [-0.05, 0) is 24.3 Å². The summed E-state index contributed by atoms with van der Waals surface area (Å²) >= 11 is 0. The smallest absolute Gasteiger partial charge is 0.229 e. The number of fused-ring (bicyclic) bond motifs is 1. The number of aryl methyl sites for hydroxylation is 1. The van der Waals surface area contributed by atoms with Crippen LogP contribution in [0, 0.1) is 0 Å². The number of pyridine rings is 1. The first-order valence-electron chi connectivity index (χ1n) is 6.26. The molecule has 1 aromatic carbocycles. The van der Waals surface area contributed by atoms with Crippen LogP contribution in [0.15, 0.2) is 53.1 Å². The molecule has 3 rings (SSSR count). The quantitative estimate of drug-likeness (QED) is 0.668. The predicted molar refractivity (Wildman–Crippen MR) is 73.3 cm³/mol. The summed E-state index contributed by atoms with van der Waals surface area (Å²) in [7, 11) is 0. The van der Waals surface area contributed by atoms with Crippen LogP contribution in [-0.4, -0.2) is 10.8 Å². The first-order chi connectivity index (χ1) is 9.28. The van der Waals surface area contributed by atoms with Crippen molar-refractivity contribution in [3.05, 3.63) is 65.7 Å². The molecule has 3 heteroatoms. The van der Waals surface area contributed by atoms with Crippen LogP contribution in [0.25, 0.3) is 10.9 Å². The Hall–Kier alpha value is -2.42. The topological polar surface area (TPSA) is 43.1 Å². The molecule has 0 saturated heterocycles. The fourth-order valence-corrected chi connectivity index (χ4v) is 2.03. The minimum absolute atomic E-state index is 0.127. The molecule has 0 spiro atoms. The van der Waals surface area contributed by atoms with Gasteiger partial charge in [-0.2, -0.15) is 0 Å². The molecule has 0 saturated carbocycles. The Morgan fingerprint density at radius 1 is 1.21 bits per heavy atom. The third kappa shape index (κ3) is 2.15. The maximum Gasteiger partial charge on any atom is 0.229 e. The van der Waals surface area contributed by atoms with Gasteiger partial charge >= 0.3 is 0 Å². The second kappa shape index (κ2) is 4.69. The molecule has 3 aromatic rings. The van der Waals surface area contributed by atoms with Gasteiger partial charge in [0, 0.05) is 23.6 Å². The Bertz CT molecular complexity index is 743. The van der Waals surface area contributed by atoms with Gasteiger partial charge in [0.15, 0.2) is 5.76 Å². The second-order valence-electron chi connectivity index (χ2n) is 4.37. The minimum atomic E-state index is -0.127. The molecule has 19 heavy (non-hydrogen) atoms. The average Bonchev–Trinajstić information content (AvgIpc) is 2.95. The van der Waals surface area contributed by atoms with Crippen LogP contribution in [0.1, 0.15) is 28.8 Å². The van der Waals surface area contributed by atoms with E-state index in [9.17, 15) is 4.79 Å². The lowest BCUT2D eigenvalue weighted by Gasteiger charge is -2.00. The van der Waals surface area contributed by atoms with Crippen LogP contribution in [0.5, 0.6) is 0 Å². The number of hydrogen-bond donors (Lipinski definition) is 0. The maximum absolute atomic E-state index is 12.3. The Balaban J connectivity index is 2.01. The number of nitrogens with zero attached hydrogens (tertiary/aromatic N) is 1. The highest BCUT2D eigenvalue weighted by molar-refractivity contribution is 6.08. The lowest BCUT2D eigenvalue weighted by atomic mass is 10.1. The van der Waals surface area contributed by atoms with Gasteiger partial charge in [0.25, 0.3) is 0 Å². The zero-order valence-corrected chi connectivity index (χ0v) is 10.6. The molecule has 0 aliphatic carbocycles. The molecule has 2 aromatic heterocycles. The molecule has 0 aliphatic heterocycles. The van der Waals surface area contributed by atoms with Crippen molar-refractivity contribution in [2.45, 2.75) is 13.3 Å². The monoisotopic (exact) mass is 251 g/mol. The normalized spacial score (nSPS) is 10.8. The summed E-state index contributed by atoms with van der Waals surface area (Å²) in [5.41, 5.74) is 1.43. The van der Waals surface area contributed by atoms with Gasteiger partial charge in [-0.25, -0.2) is 0 Å². The van der Waals surface area contributed by atoms with Crippen LogP contribution in [0.3, 0.4) is 0 Å². The summed E-state index contributed by atoms with van der Waals surface area (Å²) in [5, 5.41) is 0.954. The van der Waals surface area contributed by atoms with Gasteiger partial charge in [0.05, 0.1) is 5.52 Å². The summed E-state index contributed by atoms with van der Waals surface area (Å²) in [4.78, 5) is 16.6. The Kier molecular flexibility index (Phi) is 2.88. The minimum Gasteiger partial charge on any atom is -0.458 e. The molecule has 0 unspecified atom stereocenters. The SMILES string of the molecule is CCc1ccc(C(=O)c2cnc3ccccc3c2)o1. The molecule has 0 radical (unpaired) electrons. The molecule has 0 amide bonds.